The third kappa shape index (κ3) is 3.76. The molecular weight excluding hydrogens is 260 g/mol. The molecule has 0 fully saturated rings. The summed E-state index contributed by atoms with van der Waals surface area (Å²) in [6.07, 6.45) is 3.50. The molecule has 1 aromatic carbocycles. The van der Waals surface area contributed by atoms with Crippen molar-refractivity contribution < 1.29 is 9.36 Å². The lowest BCUT2D eigenvalue weighted by molar-refractivity contribution is -0.683. The van der Waals surface area contributed by atoms with Gasteiger partial charge in [-0.1, -0.05) is 45.0 Å². The first-order valence-electron chi connectivity index (χ1n) is 6.93. The lowest BCUT2D eigenvalue weighted by atomic mass is 9.86. The molecule has 0 atom stereocenters. The molecule has 2 rings (SSSR count). The summed E-state index contributed by atoms with van der Waals surface area (Å²) in [5.74, 6) is 0.0603. The van der Waals surface area contributed by atoms with Gasteiger partial charge in [-0.05, 0) is 11.0 Å². The van der Waals surface area contributed by atoms with Gasteiger partial charge in [0.1, 0.15) is 0 Å². The number of hydrogen-bond donors (Lipinski definition) is 0. The van der Waals surface area contributed by atoms with Crippen molar-refractivity contribution in [2.24, 2.45) is 0 Å². The van der Waals surface area contributed by atoms with Gasteiger partial charge in [-0.15, -0.1) is 0 Å². The molecule has 1 aromatic heterocycles. The molecule has 1 heterocycles. The average Bonchev–Trinajstić information content (AvgIpc) is 2.47. The normalized spacial score (nSPS) is 11.0. The maximum absolute atomic E-state index is 12.2. The number of benzene rings is 1. The van der Waals surface area contributed by atoms with E-state index in [1.54, 1.807) is 29.1 Å². The van der Waals surface area contributed by atoms with Crippen LogP contribution in [-0.4, -0.2) is 5.78 Å². The molecule has 0 N–H and O–H groups in total. The topological polar surface area (TPSA) is 44.7 Å². The molecular formula is C18H19N2O+. The van der Waals surface area contributed by atoms with Crippen molar-refractivity contribution in [1.82, 2.24) is 0 Å². The van der Waals surface area contributed by atoms with Crippen LogP contribution in [-0.2, 0) is 12.0 Å². The van der Waals surface area contributed by atoms with Gasteiger partial charge < -0.3 is 0 Å². The Kier molecular flexibility index (Phi) is 4.18. The minimum Gasteiger partial charge on any atom is -0.287 e. The van der Waals surface area contributed by atoms with E-state index in [4.69, 9.17) is 5.26 Å². The summed E-state index contributed by atoms with van der Waals surface area (Å²) in [6.45, 7) is 6.73. The van der Waals surface area contributed by atoms with Crippen LogP contribution >= 0.6 is 0 Å². The predicted molar refractivity (Wildman–Crippen MR) is 80.8 cm³/mol. The van der Waals surface area contributed by atoms with Gasteiger partial charge in [-0.3, -0.25) is 4.79 Å². The summed E-state index contributed by atoms with van der Waals surface area (Å²) in [5, 5.41) is 8.75. The second kappa shape index (κ2) is 5.88. The quantitative estimate of drug-likeness (QED) is 0.640. The highest BCUT2D eigenvalue weighted by Gasteiger charge is 2.16. The van der Waals surface area contributed by atoms with E-state index >= 15 is 0 Å². The Balaban J connectivity index is 2.11. The molecule has 3 nitrogen and oxygen atoms in total. The molecule has 0 unspecified atom stereocenters. The number of ketones is 1. The van der Waals surface area contributed by atoms with E-state index < -0.39 is 0 Å². The number of hydrogen-bond acceptors (Lipinski definition) is 2. The number of rotatable bonds is 3. The van der Waals surface area contributed by atoms with E-state index in [9.17, 15) is 4.79 Å². The van der Waals surface area contributed by atoms with E-state index in [1.807, 2.05) is 24.3 Å². The summed E-state index contributed by atoms with van der Waals surface area (Å²) in [6, 6.07) is 13.3. The zero-order valence-electron chi connectivity index (χ0n) is 12.6. The van der Waals surface area contributed by atoms with Gasteiger partial charge in [0.25, 0.3) is 0 Å². The smallest absolute Gasteiger partial charge is 0.227 e. The van der Waals surface area contributed by atoms with Crippen molar-refractivity contribution in [1.29, 1.82) is 5.26 Å². The van der Waals surface area contributed by atoms with Gasteiger partial charge in [0.15, 0.2) is 12.4 Å². The maximum atomic E-state index is 12.2. The fraction of sp³-hybridized carbons (Fsp3) is 0.278. The van der Waals surface area contributed by atoms with E-state index in [2.05, 4.69) is 26.8 Å². The van der Waals surface area contributed by atoms with Crippen molar-refractivity contribution >= 4 is 5.78 Å². The van der Waals surface area contributed by atoms with Crippen LogP contribution < -0.4 is 4.57 Å². The van der Waals surface area contributed by atoms with Crippen molar-refractivity contribution in [2.45, 2.75) is 32.7 Å². The van der Waals surface area contributed by atoms with Gasteiger partial charge in [0, 0.05) is 17.7 Å². The zero-order chi connectivity index (χ0) is 15.5. The number of aromatic nitrogens is 1. The van der Waals surface area contributed by atoms with E-state index in [0.717, 1.165) is 0 Å². The summed E-state index contributed by atoms with van der Waals surface area (Å²) in [5.41, 5.74) is 2.60. The first-order valence-corrected chi connectivity index (χ1v) is 6.93. The molecule has 0 bridgehead atoms. The lowest BCUT2D eigenvalue weighted by Crippen LogP contribution is -2.37. The zero-order valence-corrected chi connectivity index (χ0v) is 12.6. The Bertz CT molecular complexity index is 671. The Morgan fingerprint density at radius 2 is 1.67 bits per heavy atom. The molecule has 0 aliphatic heterocycles. The van der Waals surface area contributed by atoms with Gasteiger partial charge in [-0.2, -0.15) is 9.83 Å². The van der Waals surface area contributed by atoms with Crippen LogP contribution in [0.5, 0.6) is 0 Å². The monoisotopic (exact) mass is 279 g/mol. The van der Waals surface area contributed by atoms with Crippen LogP contribution in [0.3, 0.4) is 0 Å². The average molecular weight is 279 g/mol. The lowest BCUT2D eigenvalue weighted by Gasteiger charge is -2.18. The van der Waals surface area contributed by atoms with E-state index in [1.165, 1.54) is 5.56 Å². The molecule has 21 heavy (non-hydrogen) atoms. The minimum atomic E-state index is 0.0603. The van der Waals surface area contributed by atoms with Crippen LogP contribution in [0.15, 0.2) is 48.8 Å². The fourth-order valence-electron chi connectivity index (χ4n) is 2.05. The number of nitrogens with zero attached hydrogens (tertiary/aromatic N) is 2. The number of pyridine rings is 1. The summed E-state index contributed by atoms with van der Waals surface area (Å²) in [7, 11) is 0. The van der Waals surface area contributed by atoms with Crippen LogP contribution in [0.4, 0.5) is 0 Å². The third-order valence-electron chi connectivity index (χ3n) is 3.42. The maximum Gasteiger partial charge on any atom is 0.227 e. The summed E-state index contributed by atoms with van der Waals surface area (Å²) < 4.78 is 1.78. The number of carbonyl (C=O) groups excluding carboxylic acids is 1. The largest absolute Gasteiger partial charge is 0.287 e. The number of Topliss-reactive ketones (excluding diaryl/α,β-unsaturated/α-hetero) is 1. The van der Waals surface area contributed by atoms with Crippen LogP contribution in [0, 0.1) is 11.3 Å². The Hall–Kier alpha value is -2.47. The molecule has 2 aromatic rings. The standard InChI is InChI=1S/C18H19N2O/c1-18(2,3)16-6-4-15(5-7-16)17(21)13-20-10-8-14(12-19)9-11-20/h4-11H,13H2,1-3H3/q+1. The van der Waals surface area contributed by atoms with Gasteiger partial charge >= 0.3 is 0 Å². The molecule has 0 radical (unpaired) electrons. The predicted octanol–water partition coefficient (Wildman–Crippen LogP) is 3.03. The summed E-state index contributed by atoms with van der Waals surface area (Å²) in [4.78, 5) is 12.2. The molecule has 3 heteroatoms. The van der Waals surface area contributed by atoms with E-state index in [0.29, 0.717) is 11.1 Å². The van der Waals surface area contributed by atoms with Gasteiger partial charge in [0.2, 0.25) is 12.3 Å². The molecule has 0 spiro atoms. The highest BCUT2D eigenvalue weighted by molar-refractivity contribution is 5.95. The highest BCUT2D eigenvalue weighted by Crippen LogP contribution is 2.22. The first-order chi connectivity index (χ1) is 9.90. The molecule has 106 valence electrons. The van der Waals surface area contributed by atoms with Gasteiger partial charge in [-0.25, -0.2) is 0 Å². The van der Waals surface area contributed by atoms with Crippen molar-refractivity contribution in [3.63, 3.8) is 0 Å². The van der Waals surface area contributed by atoms with Gasteiger partial charge in [0.05, 0.1) is 11.6 Å². The van der Waals surface area contributed by atoms with Crippen molar-refractivity contribution in [2.75, 3.05) is 0 Å². The summed E-state index contributed by atoms with van der Waals surface area (Å²) >= 11 is 0. The molecule has 0 amide bonds. The Labute approximate surface area is 125 Å². The number of nitriles is 1. The fourth-order valence-corrected chi connectivity index (χ4v) is 2.05. The van der Waals surface area contributed by atoms with Crippen molar-refractivity contribution in [3.05, 3.63) is 65.5 Å². The minimum absolute atomic E-state index is 0.0603. The van der Waals surface area contributed by atoms with Crippen LogP contribution in [0.2, 0.25) is 0 Å². The third-order valence-corrected chi connectivity index (χ3v) is 3.42. The van der Waals surface area contributed by atoms with Crippen molar-refractivity contribution in [3.8, 4) is 6.07 Å². The molecule has 0 aliphatic rings. The Morgan fingerprint density at radius 1 is 1.10 bits per heavy atom. The van der Waals surface area contributed by atoms with Crippen LogP contribution in [0.1, 0.15) is 42.3 Å². The van der Waals surface area contributed by atoms with E-state index in [-0.39, 0.29) is 17.7 Å². The molecule has 0 saturated heterocycles. The first kappa shape index (κ1) is 14.9. The van der Waals surface area contributed by atoms with Crippen LogP contribution in [0.25, 0.3) is 0 Å². The SMILES string of the molecule is CC(C)(C)c1ccc(C(=O)C[n+]2ccc(C#N)cc2)cc1. The molecule has 0 aliphatic carbocycles. The second-order valence-corrected chi connectivity index (χ2v) is 6.12. The second-order valence-electron chi connectivity index (χ2n) is 6.12. The Morgan fingerprint density at radius 3 is 2.14 bits per heavy atom. The number of carbonyl (C=O) groups is 1. The molecule has 0 saturated carbocycles. The highest BCUT2D eigenvalue weighted by atomic mass is 16.1.